The third-order valence-corrected chi connectivity index (χ3v) is 3.94. The van der Waals surface area contributed by atoms with E-state index in [1.165, 1.54) is 0 Å². The topological polar surface area (TPSA) is 47.4 Å². The van der Waals surface area contributed by atoms with Crippen LogP contribution >= 0.6 is 0 Å². The van der Waals surface area contributed by atoms with Crippen molar-refractivity contribution in [2.24, 2.45) is 4.99 Å². The number of aryl methyl sites for hydroxylation is 1. The third kappa shape index (κ3) is 5.50. The second-order valence-electron chi connectivity index (χ2n) is 6.24. The lowest BCUT2D eigenvalue weighted by Crippen LogP contribution is -2.29. The van der Waals surface area contributed by atoms with Gasteiger partial charge in [-0.1, -0.05) is 30.3 Å². The van der Waals surface area contributed by atoms with E-state index >= 15 is 0 Å². The first-order chi connectivity index (χ1) is 10.4. The van der Waals surface area contributed by atoms with Gasteiger partial charge in [-0.3, -0.25) is 4.99 Å². The van der Waals surface area contributed by atoms with Gasteiger partial charge < -0.3 is 4.43 Å². The third-order valence-electron chi connectivity index (χ3n) is 2.95. The first kappa shape index (κ1) is 16.5. The van der Waals surface area contributed by atoms with Gasteiger partial charge in [0.1, 0.15) is 0 Å². The van der Waals surface area contributed by atoms with Crippen LogP contribution in [0.2, 0.25) is 19.6 Å². The Kier molecular flexibility index (Phi) is 5.57. The van der Waals surface area contributed by atoms with Crippen molar-refractivity contribution in [3.8, 4) is 0 Å². The molecule has 0 saturated heterocycles. The van der Waals surface area contributed by atoms with E-state index < -0.39 is 8.32 Å². The van der Waals surface area contributed by atoms with E-state index in [0.717, 1.165) is 11.1 Å². The van der Waals surface area contributed by atoms with Crippen molar-refractivity contribution >= 4 is 14.5 Å². The Balaban J connectivity index is 2.08. The predicted octanol–water partition coefficient (Wildman–Crippen LogP) is 3.80. The number of aliphatic imine (C=N–C) groups is 1. The van der Waals surface area contributed by atoms with Gasteiger partial charge in [0.2, 0.25) is 0 Å². The highest BCUT2D eigenvalue weighted by Gasteiger charge is 2.21. The minimum Gasteiger partial charge on any atom is -0.409 e. The fourth-order valence-electron chi connectivity index (χ4n) is 2.00. The lowest BCUT2D eigenvalue weighted by molar-refractivity contribution is 0.207. The molecule has 22 heavy (non-hydrogen) atoms. The second-order valence-corrected chi connectivity index (χ2v) is 10.7. The van der Waals surface area contributed by atoms with E-state index in [1.807, 2.05) is 25.1 Å². The molecule has 0 bridgehead atoms. The molecular formula is C17H23N3OSi. The van der Waals surface area contributed by atoms with Crippen molar-refractivity contribution in [1.82, 2.24) is 9.97 Å². The molecule has 0 aliphatic rings. The number of nitrogens with zero attached hydrogens (tertiary/aromatic N) is 3. The van der Waals surface area contributed by atoms with Crippen LogP contribution in [0.15, 0.2) is 47.7 Å². The van der Waals surface area contributed by atoms with E-state index in [-0.39, 0.29) is 6.10 Å². The summed E-state index contributed by atoms with van der Waals surface area (Å²) in [6.45, 7) is 9.11. The number of hydrogen-bond donors (Lipinski definition) is 0. The molecule has 0 aliphatic carbocycles. The molecule has 0 N–H and O–H groups in total. The van der Waals surface area contributed by atoms with Crippen molar-refractivity contribution in [2.45, 2.75) is 32.7 Å². The van der Waals surface area contributed by atoms with Gasteiger partial charge in [0.15, 0.2) is 14.1 Å². The van der Waals surface area contributed by atoms with E-state index in [2.05, 4.69) is 46.7 Å². The zero-order valence-corrected chi connectivity index (χ0v) is 14.7. The molecule has 0 fully saturated rings. The lowest BCUT2D eigenvalue weighted by Gasteiger charge is -2.25. The van der Waals surface area contributed by atoms with Gasteiger partial charge in [0.25, 0.3) is 0 Å². The maximum atomic E-state index is 6.27. The minimum atomic E-state index is -1.64. The molecule has 1 aromatic carbocycles. The molecule has 2 aromatic rings. The first-order valence-electron chi connectivity index (χ1n) is 7.45. The van der Waals surface area contributed by atoms with Crippen LogP contribution < -0.4 is 0 Å². The molecular weight excluding hydrogens is 290 g/mol. The van der Waals surface area contributed by atoms with Gasteiger partial charge in [-0.05, 0) is 37.7 Å². The summed E-state index contributed by atoms with van der Waals surface area (Å²) in [6, 6.07) is 10.2. The molecule has 116 valence electrons. The Hall–Kier alpha value is -1.85. The van der Waals surface area contributed by atoms with E-state index in [4.69, 9.17) is 4.43 Å². The zero-order valence-electron chi connectivity index (χ0n) is 13.7. The molecule has 1 unspecified atom stereocenters. The van der Waals surface area contributed by atoms with Crippen LogP contribution in [0, 0.1) is 6.92 Å². The maximum absolute atomic E-state index is 6.27. The van der Waals surface area contributed by atoms with Crippen LogP contribution in [0.5, 0.6) is 0 Å². The summed E-state index contributed by atoms with van der Waals surface area (Å²) in [4.78, 5) is 12.9. The summed E-state index contributed by atoms with van der Waals surface area (Å²) in [7, 11) is -1.64. The summed E-state index contributed by atoms with van der Waals surface area (Å²) in [5.41, 5.74) is 2.20. The van der Waals surface area contributed by atoms with E-state index in [0.29, 0.717) is 12.4 Å². The fraction of sp³-hybridized carbons (Fsp3) is 0.353. The number of benzene rings is 1. The molecule has 0 saturated carbocycles. The van der Waals surface area contributed by atoms with Gasteiger partial charge in [-0.25, -0.2) is 9.97 Å². The largest absolute Gasteiger partial charge is 0.409 e. The Labute approximate surface area is 133 Å². The summed E-state index contributed by atoms with van der Waals surface area (Å²) < 4.78 is 6.27. The van der Waals surface area contributed by atoms with Crippen molar-refractivity contribution in [3.63, 3.8) is 0 Å². The Bertz CT molecular complexity index is 606. The lowest BCUT2D eigenvalue weighted by atomic mass is 10.1. The van der Waals surface area contributed by atoms with Crippen molar-refractivity contribution in [3.05, 3.63) is 59.7 Å². The van der Waals surface area contributed by atoms with Crippen LogP contribution in [0.4, 0.5) is 0 Å². The highest BCUT2D eigenvalue weighted by molar-refractivity contribution is 6.69. The highest BCUT2D eigenvalue weighted by atomic mass is 28.4. The second kappa shape index (κ2) is 7.42. The molecule has 1 atom stereocenters. The minimum absolute atomic E-state index is 0.0189. The Morgan fingerprint density at radius 3 is 2.36 bits per heavy atom. The van der Waals surface area contributed by atoms with Gasteiger partial charge in [0, 0.05) is 12.4 Å². The fourth-order valence-corrected chi connectivity index (χ4v) is 3.07. The standard InChI is InChI=1S/C17H23N3OSi/c1-14-10-19-17(20-11-14)13-18-12-16(21-22(2,3)4)15-8-6-5-7-9-15/h5-11,13,16H,12H2,1-4H3. The molecule has 1 aromatic heterocycles. The Morgan fingerprint density at radius 2 is 1.77 bits per heavy atom. The molecule has 0 amide bonds. The SMILES string of the molecule is Cc1cnc(C=NCC(O[Si](C)(C)C)c2ccccc2)nc1. The van der Waals surface area contributed by atoms with E-state index in [1.54, 1.807) is 18.6 Å². The number of hydrogen-bond acceptors (Lipinski definition) is 4. The molecule has 1 heterocycles. The average Bonchev–Trinajstić information content (AvgIpc) is 2.48. The van der Waals surface area contributed by atoms with E-state index in [9.17, 15) is 0 Å². The summed E-state index contributed by atoms with van der Waals surface area (Å²) in [6.07, 6.45) is 5.28. The van der Waals surface area contributed by atoms with Crippen molar-refractivity contribution < 1.29 is 4.43 Å². The average molecular weight is 313 g/mol. The summed E-state index contributed by atoms with van der Waals surface area (Å²) in [5.74, 6) is 0.630. The maximum Gasteiger partial charge on any atom is 0.184 e. The van der Waals surface area contributed by atoms with Crippen molar-refractivity contribution in [2.75, 3.05) is 6.54 Å². The van der Waals surface area contributed by atoms with Crippen molar-refractivity contribution in [1.29, 1.82) is 0 Å². The van der Waals surface area contributed by atoms with Crippen LogP contribution in [0.3, 0.4) is 0 Å². The molecule has 2 rings (SSSR count). The normalized spacial score (nSPS) is 13.5. The number of rotatable bonds is 6. The molecule has 0 aliphatic heterocycles. The van der Waals surface area contributed by atoms with Gasteiger partial charge in [-0.15, -0.1) is 0 Å². The van der Waals surface area contributed by atoms with Crippen LogP contribution in [0.1, 0.15) is 23.1 Å². The van der Waals surface area contributed by atoms with Gasteiger partial charge in [0.05, 0.1) is 18.9 Å². The summed E-state index contributed by atoms with van der Waals surface area (Å²) >= 11 is 0. The monoisotopic (exact) mass is 313 g/mol. The smallest absolute Gasteiger partial charge is 0.184 e. The molecule has 0 spiro atoms. The zero-order chi connectivity index (χ0) is 16.0. The van der Waals surface area contributed by atoms with Crippen LogP contribution in [0.25, 0.3) is 0 Å². The molecule has 5 heteroatoms. The predicted molar refractivity (Wildman–Crippen MR) is 92.8 cm³/mol. The summed E-state index contributed by atoms with van der Waals surface area (Å²) in [5, 5.41) is 0. The van der Waals surface area contributed by atoms with Gasteiger partial charge >= 0.3 is 0 Å². The Morgan fingerprint density at radius 1 is 1.14 bits per heavy atom. The number of aromatic nitrogens is 2. The quantitative estimate of drug-likeness (QED) is 0.602. The van der Waals surface area contributed by atoms with Crippen LogP contribution in [-0.4, -0.2) is 31.0 Å². The molecule has 4 nitrogen and oxygen atoms in total. The molecule has 0 radical (unpaired) electrons. The highest BCUT2D eigenvalue weighted by Crippen LogP contribution is 2.22. The first-order valence-corrected chi connectivity index (χ1v) is 10.9. The van der Waals surface area contributed by atoms with Gasteiger partial charge in [-0.2, -0.15) is 0 Å². The van der Waals surface area contributed by atoms with Crippen LogP contribution in [-0.2, 0) is 4.43 Å².